The van der Waals surface area contributed by atoms with E-state index in [1.165, 1.54) is 25.7 Å². The van der Waals surface area contributed by atoms with Gasteiger partial charge in [0, 0.05) is 25.7 Å². The summed E-state index contributed by atoms with van der Waals surface area (Å²) in [5.41, 5.74) is 1.02. The highest BCUT2D eigenvalue weighted by atomic mass is 16.4. The third-order valence-electron chi connectivity index (χ3n) is 6.61. The van der Waals surface area contributed by atoms with Crippen molar-refractivity contribution in [3.8, 4) is 0 Å². The molecule has 0 aromatic carbocycles. The van der Waals surface area contributed by atoms with Gasteiger partial charge in [-0.25, -0.2) is 0 Å². The lowest BCUT2D eigenvalue weighted by molar-refractivity contribution is -0.120. The molecule has 0 saturated heterocycles. The van der Waals surface area contributed by atoms with Crippen LogP contribution in [-0.2, 0) is 9.59 Å². The molecule has 1 N–H and O–H groups in total. The van der Waals surface area contributed by atoms with E-state index >= 15 is 0 Å². The van der Waals surface area contributed by atoms with Gasteiger partial charge in [0.2, 0.25) is 0 Å². The Morgan fingerprint density at radius 3 is 1.57 bits per heavy atom. The number of oxime groups is 1. The third kappa shape index (κ3) is 3.84. The number of ketones is 2. The van der Waals surface area contributed by atoms with Crippen LogP contribution in [0.15, 0.2) is 5.16 Å². The lowest BCUT2D eigenvalue weighted by Crippen LogP contribution is -2.05. The summed E-state index contributed by atoms with van der Waals surface area (Å²) in [7, 11) is 0. The molecular formula is C19H27NO3. The molecule has 0 heterocycles. The molecule has 6 aliphatic carbocycles. The standard InChI is InChI=1S/C7H10O.C6H9NO.C6H8O/c8-7-2-1-5-3-6(5)4-7;8-7-6-2-4-1-5(4)3-6;7-6-2-4-1-5(4)3-6/h5-6H,1-4H2;4-5,8H,1-3H2;4-5H,1-3H2. The van der Waals surface area contributed by atoms with Crippen molar-refractivity contribution in [2.24, 2.45) is 40.7 Å². The number of fused-ring (bicyclic) bond motifs is 3. The number of nitrogens with zero attached hydrogens (tertiary/aromatic N) is 1. The fourth-order valence-electron chi connectivity index (χ4n) is 4.71. The maximum absolute atomic E-state index is 10.7. The molecular weight excluding hydrogens is 290 g/mol. The van der Waals surface area contributed by atoms with Gasteiger partial charge in [0.05, 0.1) is 5.71 Å². The SMILES string of the molecule is O=C1CC2CC2C1.O=C1CCC2CC2C1.ON=C1CC2CC2C1. The topological polar surface area (TPSA) is 66.7 Å². The second-order valence-corrected chi connectivity index (χ2v) is 8.57. The highest BCUT2D eigenvalue weighted by Crippen LogP contribution is 2.50. The van der Waals surface area contributed by atoms with Crippen LogP contribution < -0.4 is 0 Å². The first-order chi connectivity index (χ1) is 11.1. The Hall–Kier alpha value is -1.19. The van der Waals surface area contributed by atoms with Crippen LogP contribution in [0.3, 0.4) is 0 Å². The second-order valence-electron chi connectivity index (χ2n) is 8.57. The molecule has 23 heavy (non-hydrogen) atoms. The van der Waals surface area contributed by atoms with E-state index in [-0.39, 0.29) is 0 Å². The van der Waals surface area contributed by atoms with Gasteiger partial charge in [-0.1, -0.05) is 5.16 Å². The minimum atomic E-state index is 0.501. The molecule has 6 fully saturated rings. The van der Waals surface area contributed by atoms with E-state index in [0.717, 1.165) is 79.7 Å². The van der Waals surface area contributed by atoms with Crippen molar-refractivity contribution >= 4 is 17.3 Å². The highest BCUT2D eigenvalue weighted by Gasteiger charge is 2.45. The van der Waals surface area contributed by atoms with E-state index in [9.17, 15) is 9.59 Å². The minimum absolute atomic E-state index is 0.501. The third-order valence-corrected chi connectivity index (χ3v) is 6.61. The molecule has 0 bridgehead atoms. The predicted octanol–water partition coefficient (Wildman–Crippen LogP) is 3.61. The zero-order chi connectivity index (χ0) is 16.0. The van der Waals surface area contributed by atoms with E-state index in [2.05, 4.69) is 5.16 Å². The van der Waals surface area contributed by atoms with Crippen LogP contribution >= 0.6 is 0 Å². The summed E-state index contributed by atoms with van der Waals surface area (Å²) in [6.45, 7) is 0. The summed E-state index contributed by atoms with van der Waals surface area (Å²) in [6.07, 6.45) is 11.0. The monoisotopic (exact) mass is 317 g/mol. The maximum Gasteiger partial charge on any atom is 0.133 e. The van der Waals surface area contributed by atoms with Crippen molar-refractivity contribution in [3.63, 3.8) is 0 Å². The molecule has 4 nitrogen and oxygen atoms in total. The molecule has 0 amide bonds. The van der Waals surface area contributed by atoms with Crippen molar-refractivity contribution in [2.75, 3.05) is 0 Å². The summed E-state index contributed by atoms with van der Waals surface area (Å²) in [5, 5.41) is 11.5. The Morgan fingerprint density at radius 2 is 1.17 bits per heavy atom. The zero-order valence-electron chi connectivity index (χ0n) is 13.7. The van der Waals surface area contributed by atoms with Gasteiger partial charge in [-0.15, -0.1) is 0 Å². The first-order valence-corrected chi connectivity index (χ1v) is 9.35. The lowest BCUT2D eigenvalue weighted by Gasteiger charge is -2.04. The number of carbonyl (C=O) groups is 2. The molecule has 0 radical (unpaired) electrons. The van der Waals surface area contributed by atoms with Crippen LogP contribution in [0.25, 0.3) is 0 Å². The molecule has 6 aliphatic rings. The molecule has 0 aromatic rings. The molecule has 6 atom stereocenters. The largest absolute Gasteiger partial charge is 0.411 e. The average molecular weight is 317 g/mol. The number of hydrogen-bond donors (Lipinski definition) is 1. The van der Waals surface area contributed by atoms with E-state index in [4.69, 9.17) is 5.21 Å². The van der Waals surface area contributed by atoms with Crippen molar-refractivity contribution < 1.29 is 14.8 Å². The number of carbonyl (C=O) groups excluding carboxylic acids is 2. The van der Waals surface area contributed by atoms with Crippen LogP contribution in [0.1, 0.15) is 64.2 Å². The van der Waals surface area contributed by atoms with Gasteiger partial charge in [0.25, 0.3) is 0 Å². The molecule has 0 aliphatic heterocycles. The van der Waals surface area contributed by atoms with Crippen LogP contribution in [0.5, 0.6) is 0 Å². The van der Waals surface area contributed by atoms with Crippen molar-refractivity contribution in [1.29, 1.82) is 0 Å². The van der Waals surface area contributed by atoms with Crippen molar-refractivity contribution in [3.05, 3.63) is 0 Å². The van der Waals surface area contributed by atoms with E-state index in [1.54, 1.807) is 0 Å². The first-order valence-electron chi connectivity index (χ1n) is 9.35. The summed E-state index contributed by atoms with van der Waals surface area (Å²) < 4.78 is 0. The summed E-state index contributed by atoms with van der Waals surface area (Å²) in [4.78, 5) is 21.2. The highest BCUT2D eigenvalue weighted by molar-refractivity contribution is 5.87. The van der Waals surface area contributed by atoms with E-state index < -0.39 is 0 Å². The summed E-state index contributed by atoms with van der Waals surface area (Å²) in [5.74, 6) is 6.29. The van der Waals surface area contributed by atoms with Gasteiger partial charge in [-0.2, -0.15) is 0 Å². The summed E-state index contributed by atoms with van der Waals surface area (Å²) in [6, 6.07) is 0. The molecule has 6 rings (SSSR count). The molecule has 6 unspecified atom stereocenters. The Bertz CT molecular complexity index is 517. The van der Waals surface area contributed by atoms with Gasteiger partial charge in [0.15, 0.2) is 0 Å². The average Bonchev–Trinajstić information content (AvgIpc) is 3.49. The summed E-state index contributed by atoms with van der Waals surface area (Å²) >= 11 is 0. The zero-order valence-corrected chi connectivity index (χ0v) is 13.7. The van der Waals surface area contributed by atoms with Gasteiger partial charge in [-0.3, -0.25) is 9.59 Å². The van der Waals surface area contributed by atoms with Crippen LogP contribution in [-0.4, -0.2) is 22.5 Å². The Labute approximate surface area is 137 Å². The number of hydrogen-bond acceptors (Lipinski definition) is 4. The van der Waals surface area contributed by atoms with Crippen LogP contribution in [0.4, 0.5) is 0 Å². The lowest BCUT2D eigenvalue weighted by atomic mass is 10.00. The van der Waals surface area contributed by atoms with Gasteiger partial charge in [0.1, 0.15) is 11.6 Å². The minimum Gasteiger partial charge on any atom is -0.411 e. The molecule has 6 saturated carbocycles. The molecule has 0 spiro atoms. The maximum atomic E-state index is 10.7. The Morgan fingerprint density at radius 1 is 0.696 bits per heavy atom. The van der Waals surface area contributed by atoms with E-state index in [1.807, 2.05) is 0 Å². The van der Waals surface area contributed by atoms with Crippen LogP contribution in [0, 0.1) is 35.5 Å². The molecule has 126 valence electrons. The first kappa shape index (κ1) is 15.3. The fourth-order valence-corrected chi connectivity index (χ4v) is 4.71. The number of rotatable bonds is 0. The van der Waals surface area contributed by atoms with Crippen molar-refractivity contribution in [1.82, 2.24) is 0 Å². The van der Waals surface area contributed by atoms with E-state index in [0.29, 0.717) is 11.6 Å². The second kappa shape index (κ2) is 6.03. The fraction of sp³-hybridized carbons (Fsp3) is 0.842. The predicted molar refractivity (Wildman–Crippen MR) is 86.3 cm³/mol. The van der Waals surface area contributed by atoms with Crippen molar-refractivity contribution in [2.45, 2.75) is 64.2 Å². The van der Waals surface area contributed by atoms with Gasteiger partial charge in [-0.05, 0) is 74.0 Å². The Kier molecular flexibility index (Phi) is 4.02. The number of Topliss-reactive ketones (excluding diaryl/α,β-unsaturated/α-hetero) is 2. The van der Waals surface area contributed by atoms with Gasteiger partial charge >= 0.3 is 0 Å². The smallest absolute Gasteiger partial charge is 0.133 e. The van der Waals surface area contributed by atoms with Gasteiger partial charge < -0.3 is 5.21 Å². The quantitative estimate of drug-likeness (QED) is 0.548. The molecule has 4 heteroatoms. The molecule has 0 aromatic heterocycles. The van der Waals surface area contributed by atoms with Crippen LogP contribution in [0.2, 0.25) is 0 Å². The normalized spacial score (nSPS) is 43.9. The Balaban J connectivity index is 0.0000000884.